The topological polar surface area (TPSA) is 67.2 Å². The number of aliphatic hydroxyl groups is 2. The molecule has 3 rings (SSSR count). The number of para-hydroxylation sites is 1. The maximum Gasteiger partial charge on any atom is 0.219 e. The zero-order valence-electron chi connectivity index (χ0n) is 16.0. The number of anilines is 1. The Morgan fingerprint density at radius 3 is 2.52 bits per heavy atom. The van der Waals surface area contributed by atoms with Gasteiger partial charge in [0.05, 0.1) is 11.3 Å². The Labute approximate surface area is 160 Å². The van der Waals surface area contributed by atoms with Crippen molar-refractivity contribution in [2.24, 2.45) is 5.92 Å². The molecule has 7 heteroatoms. The quantitative estimate of drug-likeness (QED) is 0.815. The Hall–Kier alpha value is -1.70. The predicted octanol–water partition coefficient (Wildman–Crippen LogP) is 0.930. The molecule has 0 spiro atoms. The number of amides is 1. The molecule has 2 aliphatic heterocycles. The van der Waals surface area contributed by atoms with Gasteiger partial charge in [0, 0.05) is 65.3 Å². The third-order valence-corrected chi connectivity index (χ3v) is 5.79. The number of carbonyl (C=O) groups excluding carboxylic acids is 1. The van der Waals surface area contributed by atoms with Crippen molar-refractivity contribution in [2.45, 2.75) is 25.4 Å². The lowest BCUT2D eigenvalue weighted by atomic mass is 9.90. The number of rotatable bonds is 4. The molecule has 1 atom stereocenters. The van der Waals surface area contributed by atoms with Gasteiger partial charge in [-0.2, -0.15) is 0 Å². The summed E-state index contributed by atoms with van der Waals surface area (Å²) in [5.41, 5.74) is -0.237. The van der Waals surface area contributed by atoms with Gasteiger partial charge in [0.1, 0.15) is 5.82 Å². The summed E-state index contributed by atoms with van der Waals surface area (Å²) >= 11 is 0. The lowest BCUT2D eigenvalue weighted by molar-refractivity contribution is -0.129. The van der Waals surface area contributed by atoms with E-state index >= 15 is 0 Å². The van der Waals surface area contributed by atoms with E-state index in [4.69, 9.17) is 0 Å². The van der Waals surface area contributed by atoms with Gasteiger partial charge in [-0.05, 0) is 25.0 Å². The van der Waals surface area contributed by atoms with Crippen molar-refractivity contribution >= 4 is 11.6 Å². The van der Waals surface area contributed by atoms with Crippen LogP contribution in [0.2, 0.25) is 0 Å². The molecule has 27 heavy (non-hydrogen) atoms. The third kappa shape index (κ3) is 4.97. The van der Waals surface area contributed by atoms with Crippen molar-refractivity contribution in [3.05, 3.63) is 30.1 Å². The highest BCUT2D eigenvalue weighted by atomic mass is 19.1. The molecule has 2 N–H and O–H groups in total. The average molecular weight is 379 g/mol. The number of aliphatic hydroxyl groups excluding tert-OH is 1. The molecule has 1 amide bonds. The maximum absolute atomic E-state index is 14.0. The summed E-state index contributed by atoms with van der Waals surface area (Å²) in [6.45, 7) is 5.83. The molecule has 1 unspecified atom stereocenters. The minimum atomic E-state index is -0.826. The molecule has 150 valence electrons. The Kier molecular flexibility index (Phi) is 6.34. The van der Waals surface area contributed by atoms with E-state index in [2.05, 4.69) is 4.90 Å². The first-order valence-corrected chi connectivity index (χ1v) is 9.71. The number of benzene rings is 1. The first kappa shape index (κ1) is 20.0. The van der Waals surface area contributed by atoms with E-state index in [9.17, 15) is 19.4 Å². The third-order valence-electron chi connectivity index (χ3n) is 5.79. The molecule has 0 saturated carbocycles. The second kappa shape index (κ2) is 8.54. The number of piperidine rings is 1. The molecule has 6 nitrogen and oxygen atoms in total. The van der Waals surface area contributed by atoms with E-state index in [1.165, 1.54) is 6.07 Å². The van der Waals surface area contributed by atoms with Crippen molar-refractivity contribution in [3.8, 4) is 0 Å². The van der Waals surface area contributed by atoms with Gasteiger partial charge in [0.15, 0.2) is 0 Å². The van der Waals surface area contributed by atoms with Crippen molar-refractivity contribution in [3.63, 3.8) is 0 Å². The van der Waals surface area contributed by atoms with Gasteiger partial charge in [-0.3, -0.25) is 9.69 Å². The van der Waals surface area contributed by atoms with Gasteiger partial charge in [0.2, 0.25) is 5.91 Å². The molecule has 2 fully saturated rings. The smallest absolute Gasteiger partial charge is 0.219 e. The number of hydrogen-bond donors (Lipinski definition) is 2. The van der Waals surface area contributed by atoms with Gasteiger partial charge >= 0.3 is 0 Å². The van der Waals surface area contributed by atoms with Crippen LogP contribution in [0.3, 0.4) is 0 Å². The Bertz CT molecular complexity index is 649. The summed E-state index contributed by atoms with van der Waals surface area (Å²) in [7, 11) is 0. The molecule has 0 bridgehead atoms. The number of β-amino-alcohol motifs (C(OH)–C–C–N with tert-alkyl or cyclic N) is 1. The summed E-state index contributed by atoms with van der Waals surface area (Å²) in [4.78, 5) is 17.6. The first-order chi connectivity index (χ1) is 12.9. The molecule has 1 aromatic carbocycles. The Balaban J connectivity index is 1.59. The molecular weight excluding hydrogens is 349 g/mol. The average Bonchev–Trinajstić information content (AvgIpc) is 2.85. The molecule has 2 saturated heterocycles. The fraction of sp³-hybridized carbons (Fsp3) is 0.650. The predicted molar refractivity (Wildman–Crippen MR) is 102 cm³/mol. The molecule has 0 radical (unpaired) electrons. The van der Waals surface area contributed by atoms with Gasteiger partial charge in [-0.15, -0.1) is 0 Å². The Morgan fingerprint density at radius 2 is 1.89 bits per heavy atom. The van der Waals surface area contributed by atoms with E-state index < -0.39 is 5.60 Å². The largest absolute Gasteiger partial charge is 0.396 e. The summed E-state index contributed by atoms with van der Waals surface area (Å²) < 4.78 is 14.0. The van der Waals surface area contributed by atoms with Crippen LogP contribution in [0.5, 0.6) is 0 Å². The highest BCUT2D eigenvalue weighted by molar-refractivity contribution is 5.73. The number of hydrogen-bond acceptors (Lipinski definition) is 5. The number of nitrogens with zero attached hydrogens (tertiary/aromatic N) is 3. The van der Waals surface area contributed by atoms with Crippen molar-refractivity contribution in [1.82, 2.24) is 9.80 Å². The Morgan fingerprint density at radius 1 is 1.19 bits per heavy atom. The van der Waals surface area contributed by atoms with Crippen molar-refractivity contribution in [1.29, 1.82) is 0 Å². The van der Waals surface area contributed by atoms with Gasteiger partial charge < -0.3 is 20.0 Å². The van der Waals surface area contributed by atoms with Crippen LogP contribution in [0.15, 0.2) is 24.3 Å². The van der Waals surface area contributed by atoms with Crippen LogP contribution in [-0.4, -0.2) is 83.9 Å². The van der Waals surface area contributed by atoms with Crippen molar-refractivity contribution in [2.75, 3.05) is 57.3 Å². The summed E-state index contributed by atoms with van der Waals surface area (Å²) in [6.07, 6.45) is 1.14. The SMILES string of the molecule is CC(=O)N1CCN(CC2(O)CCN(c3ccccc3F)CC2)CC(CO)C1. The highest BCUT2D eigenvalue weighted by Crippen LogP contribution is 2.29. The highest BCUT2D eigenvalue weighted by Gasteiger charge is 2.36. The second-order valence-electron chi connectivity index (χ2n) is 7.91. The van der Waals surface area contributed by atoms with E-state index in [-0.39, 0.29) is 24.2 Å². The molecule has 2 heterocycles. The lowest BCUT2D eigenvalue weighted by Gasteiger charge is -2.42. The van der Waals surface area contributed by atoms with Gasteiger partial charge in [-0.1, -0.05) is 12.1 Å². The molecule has 2 aliphatic rings. The van der Waals surface area contributed by atoms with E-state index in [1.807, 2.05) is 11.0 Å². The van der Waals surface area contributed by atoms with E-state index in [0.717, 1.165) is 0 Å². The monoisotopic (exact) mass is 379 g/mol. The lowest BCUT2D eigenvalue weighted by Crippen LogP contribution is -2.52. The van der Waals surface area contributed by atoms with E-state index in [0.29, 0.717) is 64.3 Å². The van der Waals surface area contributed by atoms with Crippen LogP contribution in [0.25, 0.3) is 0 Å². The van der Waals surface area contributed by atoms with E-state index in [1.54, 1.807) is 24.0 Å². The molecular formula is C20H30FN3O3. The standard InChI is InChI=1S/C20H30FN3O3/c1-16(26)24-11-10-22(12-17(13-24)14-25)15-20(27)6-8-23(9-7-20)19-5-3-2-4-18(19)21/h2-5,17,25,27H,6-15H2,1H3. The molecule has 1 aromatic rings. The van der Waals surface area contributed by atoms with Crippen LogP contribution in [0, 0.1) is 11.7 Å². The summed E-state index contributed by atoms with van der Waals surface area (Å²) in [5, 5.41) is 20.7. The zero-order chi connectivity index (χ0) is 19.4. The molecule has 0 aliphatic carbocycles. The van der Waals surface area contributed by atoms with Crippen LogP contribution >= 0.6 is 0 Å². The minimum absolute atomic E-state index is 0.00139. The van der Waals surface area contributed by atoms with Crippen LogP contribution in [0.4, 0.5) is 10.1 Å². The second-order valence-corrected chi connectivity index (χ2v) is 7.91. The fourth-order valence-corrected chi connectivity index (χ4v) is 4.17. The minimum Gasteiger partial charge on any atom is -0.396 e. The normalized spacial score (nSPS) is 23.9. The van der Waals surface area contributed by atoms with Gasteiger partial charge in [0.25, 0.3) is 0 Å². The maximum atomic E-state index is 14.0. The summed E-state index contributed by atoms with van der Waals surface area (Å²) in [6, 6.07) is 6.74. The van der Waals surface area contributed by atoms with Crippen LogP contribution in [-0.2, 0) is 4.79 Å². The van der Waals surface area contributed by atoms with Crippen molar-refractivity contribution < 1.29 is 19.4 Å². The van der Waals surface area contributed by atoms with Crippen LogP contribution in [0.1, 0.15) is 19.8 Å². The number of carbonyl (C=O) groups is 1. The number of halogens is 1. The molecule has 0 aromatic heterocycles. The fourth-order valence-electron chi connectivity index (χ4n) is 4.17. The summed E-state index contributed by atoms with van der Waals surface area (Å²) in [5.74, 6) is -0.212. The van der Waals surface area contributed by atoms with Crippen LogP contribution < -0.4 is 4.90 Å². The first-order valence-electron chi connectivity index (χ1n) is 9.71. The van der Waals surface area contributed by atoms with Gasteiger partial charge in [-0.25, -0.2) is 4.39 Å². The zero-order valence-corrected chi connectivity index (χ0v) is 16.0.